The molecule has 3 fully saturated rings. The molecule has 0 spiro atoms. The Hall–Kier alpha value is -2.00. The maximum atomic E-state index is 12.7. The molecular formula is C49H88N2O11. The van der Waals surface area contributed by atoms with Crippen LogP contribution in [0.5, 0.6) is 0 Å². The van der Waals surface area contributed by atoms with E-state index in [9.17, 15) is 9.59 Å². The summed E-state index contributed by atoms with van der Waals surface area (Å²) >= 11 is 0. The summed E-state index contributed by atoms with van der Waals surface area (Å²) < 4.78 is 49.8. The van der Waals surface area contributed by atoms with Gasteiger partial charge in [0.05, 0.1) is 92.5 Å². The van der Waals surface area contributed by atoms with E-state index in [1.165, 1.54) is 51.4 Å². The Morgan fingerprint density at radius 1 is 0.661 bits per heavy atom. The van der Waals surface area contributed by atoms with E-state index in [0.29, 0.717) is 111 Å². The number of carbonyl (C=O) groups excluding carboxylic acids is 2. The third-order valence-corrected chi connectivity index (χ3v) is 14.2. The fourth-order valence-electron chi connectivity index (χ4n) is 11.1. The summed E-state index contributed by atoms with van der Waals surface area (Å²) in [6, 6.07) is 0. The number of hydrogen-bond acceptors (Lipinski definition) is 11. The molecule has 0 aromatic rings. The third kappa shape index (κ3) is 17.8. The van der Waals surface area contributed by atoms with Gasteiger partial charge in [0.2, 0.25) is 0 Å². The standard InChI is InChI=1S/C49H88N2O11/c1-37(2)10-9-11-38(3)42-14-15-43-41-13-12-39-36-40(16-18-48(39,7)44(41)17-19-49(42,43)8)61-45(52)50-20-22-54-24-26-56-28-30-58-32-34-60-35-33-59-31-29-57-27-25-55-23-21-51-46(53)62-47(4,5)6/h12,37-38,40-44H,9-11,13-36H2,1-8H3,(H,50,52)(H,51,53). The maximum absolute atomic E-state index is 12.7. The predicted octanol–water partition coefficient (Wildman–Crippen LogP) is 8.76. The third-order valence-electron chi connectivity index (χ3n) is 14.2. The van der Waals surface area contributed by atoms with Gasteiger partial charge < -0.3 is 53.3 Å². The lowest BCUT2D eigenvalue weighted by Crippen LogP contribution is -2.51. The van der Waals surface area contributed by atoms with Crippen LogP contribution in [0, 0.1) is 46.3 Å². The SMILES string of the molecule is CC(C)CCCC(C)C1CCC2C3CC=C4CC(OC(=O)NCCOCCOCCOCCOCCOCCOCCOCCNC(=O)OC(C)(C)C)CCC4(C)C3CCC12C. The molecule has 2 N–H and O–H groups in total. The summed E-state index contributed by atoms with van der Waals surface area (Å²) in [5.74, 6) is 4.97. The van der Waals surface area contributed by atoms with Crippen LogP contribution in [0.4, 0.5) is 9.59 Å². The highest BCUT2D eigenvalue weighted by Crippen LogP contribution is 2.67. The van der Waals surface area contributed by atoms with Gasteiger partial charge in [-0.05, 0) is 112 Å². The van der Waals surface area contributed by atoms with E-state index in [1.54, 1.807) is 5.57 Å². The number of hydrogen-bond donors (Lipinski definition) is 2. The van der Waals surface area contributed by atoms with Gasteiger partial charge in [-0.2, -0.15) is 0 Å². The molecule has 0 heterocycles. The highest BCUT2D eigenvalue weighted by molar-refractivity contribution is 5.67. The van der Waals surface area contributed by atoms with Crippen molar-refractivity contribution in [1.82, 2.24) is 10.6 Å². The Labute approximate surface area is 375 Å². The van der Waals surface area contributed by atoms with Gasteiger partial charge in [0, 0.05) is 19.5 Å². The molecular weight excluding hydrogens is 793 g/mol. The molecule has 0 radical (unpaired) electrons. The van der Waals surface area contributed by atoms with Gasteiger partial charge in [-0.25, -0.2) is 9.59 Å². The highest BCUT2D eigenvalue weighted by atomic mass is 16.6. The molecule has 0 aliphatic heterocycles. The molecule has 0 saturated heterocycles. The normalized spacial score (nSPS) is 27.5. The van der Waals surface area contributed by atoms with Gasteiger partial charge >= 0.3 is 12.2 Å². The van der Waals surface area contributed by atoms with Crippen molar-refractivity contribution in [2.24, 2.45) is 46.3 Å². The van der Waals surface area contributed by atoms with Crippen molar-refractivity contribution in [2.45, 2.75) is 138 Å². The van der Waals surface area contributed by atoms with Crippen molar-refractivity contribution in [1.29, 1.82) is 0 Å². The number of amides is 2. The van der Waals surface area contributed by atoms with Crippen molar-refractivity contribution in [2.75, 3.05) is 106 Å². The summed E-state index contributed by atoms with van der Waals surface area (Å²) in [5.41, 5.74) is 1.79. The Bertz CT molecular complexity index is 1310. The average molecular weight is 881 g/mol. The minimum Gasteiger partial charge on any atom is -0.446 e. The van der Waals surface area contributed by atoms with Gasteiger partial charge in [-0.1, -0.05) is 65.5 Å². The van der Waals surface area contributed by atoms with Crippen LogP contribution in [0.1, 0.15) is 126 Å². The number of fused-ring (bicyclic) bond motifs is 5. The molecule has 13 heteroatoms. The lowest BCUT2D eigenvalue weighted by Gasteiger charge is -2.58. The predicted molar refractivity (Wildman–Crippen MR) is 241 cm³/mol. The number of carbonyl (C=O) groups is 2. The van der Waals surface area contributed by atoms with Crippen LogP contribution >= 0.6 is 0 Å². The first-order chi connectivity index (χ1) is 29.7. The van der Waals surface area contributed by atoms with E-state index in [-0.39, 0.29) is 17.6 Å². The van der Waals surface area contributed by atoms with Crippen molar-refractivity contribution >= 4 is 12.2 Å². The van der Waals surface area contributed by atoms with E-state index in [2.05, 4.69) is 51.3 Å². The van der Waals surface area contributed by atoms with Gasteiger partial charge in [0.25, 0.3) is 0 Å². The Morgan fingerprint density at radius 3 is 1.69 bits per heavy atom. The zero-order valence-corrected chi connectivity index (χ0v) is 40.2. The molecule has 3 saturated carbocycles. The summed E-state index contributed by atoms with van der Waals surface area (Å²) in [6.07, 6.45) is 15.6. The summed E-state index contributed by atoms with van der Waals surface area (Å²) in [5, 5.41) is 5.52. The van der Waals surface area contributed by atoms with Crippen LogP contribution in [0.2, 0.25) is 0 Å². The van der Waals surface area contributed by atoms with Crippen molar-refractivity contribution in [3.8, 4) is 0 Å². The lowest BCUT2D eigenvalue weighted by atomic mass is 9.47. The molecule has 0 aromatic heterocycles. The monoisotopic (exact) mass is 881 g/mol. The topological polar surface area (TPSA) is 141 Å². The molecule has 0 aromatic carbocycles. The lowest BCUT2D eigenvalue weighted by molar-refractivity contribution is -0.0581. The summed E-state index contributed by atoms with van der Waals surface area (Å²) in [7, 11) is 0. The van der Waals surface area contributed by atoms with Gasteiger partial charge in [0.15, 0.2) is 0 Å². The zero-order chi connectivity index (χ0) is 44.9. The zero-order valence-electron chi connectivity index (χ0n) is 40.2. The first-order valence-corrected chi connectivity index (χ1v) is 24.4. The molecule has 0 bridgehead atoms. The fraction of sp³-hybridized carbons (Fsp3) is 0.918. The highest BCUT2D eigenvalue weighted by Gasteiger charge is 2.59. The van der Waals surface area contributed by atoms with E-state index >= 15 is 0 Å². The number of alkyl carbamates (subject to hydrolysis) is 2. The van der Waals surface area contributed by atoms with Crippen LogP contribution in [-0.4, -0.2) is 129 Å². The van der Waals surface area contributed by atoms with E-state index < -0.39 is 11.7 Å². The molecule has 13 nitrogen and oxygen atoms in total. The number of allylic oxidation sites excluding steroid dienone is 1. The molecule has 4 aliphatic rings. The number of nitrogens with one attached hydrogen (secondary N) is 2. The van der Waals surface area contributed by atoms with Crippen LogP contribution < -0.4 is 10.6 Å². The molecule has 4 aliphatic carbocycles. The second-order valence-electron chi connectivity index (χ2n) is 20.2. The molecule has 8 atom stereocenters. The first kappa shape index (κ1) is 52.6. The second-order valence-corrected chi connectivity index (χ2v) is 20.2. The van der Waals surface area contributed by atoms with E-state index in [1.807, 2.05) is 20.8 Å². The molecule has 62 heavy (non-hydrogen) atoms. The molecule has 4 rings (SSSR count). The van der Waals surface area contributed by atoms with Crippen molar-refractivity contribution in [3.05, 3.63) is 11.6 Å². The Morgan fingerprint density at radius 2 is 1.18 bits per heavy atom. The molecule has 360 valence electrons. The van der Waals surface area contributed by atoms with Gasteiger partial charge in [-0.3, -0.25) is 0 Å². The quantitative estimate of drug-likeness (QED) is 0.0529. The second kappa shape index (κ2) is 27.5. The van der Waals surface area contributed by atoms with E-state index in [4.69, 9.17) is 42.6 Å². The van der Waals surface area contributed by atoms with Crippen LogP contribution in [0.25, 0.3) is 0 Å². The molecule has 2 amide bonds. The smallest absolute Gasteiger partial charge is 0.407 e. The Kier molecular flexibility index (Phi) is 23.3. The van der Waals surface area contributed by atoms with Crippen LogP contribution in [-0.2, 0) is 42.6 Å². The first-order valence-electron chi connectivity index (χ1n) is 24.4. The number of ether oxygens (including phenoxy) is 9. The Balaban J connectivity index is 0.914. The number of rotatable bonds is 30. The van der Waals surface area contributed by atoms with Gasteiger partial charge in [0.1, 0.15) is 11.7 Å². The maximum Gasteiger partial charge on any atom is 0.407 e. The van der Waals surface area contributed by atoms with Crippen LogP contribution in [0.15, 0.2) is 11.6 Å². The van der Waals surface area contributed by atoms with Crippen LogP contribution in [0.3, 0.4) is 0 Å². The molecule has 8 unspecified atom stereocenters. The average Bonchev–Trinajstić information content (AvgIpc) is 3.57. The van der Waals surface area contributed by atoms with E-state index in [0.717, 1.165) is 54.8 Å². The van der Waals surface area contributed by atoms with Crippen molar-refractivity contribution in [3.63, 3.8) is 0 Å². The minimum atomic E-state index is -0.515. The fourth-order valence-corrected chi connectivity index (χ4v) is 11.1. The summed E-state index contributed by atoms with van der Waals surface area (Å²) in [6.45, 7) is 25.2. The largest absolute Gasteiger partial charge is 0.446 e. The van der Waals surface area contributed by atoms with Crippen molar-refractivity contribution < 1.29 is 52.2 Å². The van der Waals surface area contributed by atoms with Gasteiger partial charge in [-0.15, -0.1) is 0 Å². The summed E-state index contributed by atoms with van der Waals surface area (Å²) in [4.78, 5) is 24.3. The minimum absolute atomic E-state index is 0.0523.